The summed E-state index contributed by atoms with van der Waals surface area (Å²) in [5.41, 5.74) is 0.804. The van der Waals surface area contributed by atoms with Gasteiger partial charge in [-0.2, -0.15) is 0 Å². The summed E-state index contributed by atoms with van der Waals surface area (Å²) in [7, 11) is 0. The normalized spacial score (nSPS) is 15.8. The maximum atomic E-state index is 12.4. The first-order chi connectivity index (χ1) is 11.4. The molecule has 1 N–H and O–H groups in total. The van der Waals surface area contributed by atoms with Crippen LogP contribution in [0, 0.1) is 5.92 Å². The first kappa shape index (κ1) is 18.6. The third kappa shape index (κ3) is 6.04. The Morgan fingerprint density at radius 2 is 1.71 bits per heavy atom. The van der Waals surface area contributed by atoms with Crippen molar-refractivity contribution in [2.45, 2.75) is 40.2 Å². The van der Waals surface area contributed by atoms with E-state index < -0.39 is 0 Å². The fourth-order valence-electron chi connectivity index (χ4n) is 2.71. The fourth-order valence-corrected chi connectivity index (χ4v) is 2.71. The van der Waals surface area contributed by atoms with Crippen molar-refractivity contribution in [1.82, 2.24) is 9.80 Å². The van der Waals surface area contributed by atoms with E-state index in [-0.39, 0.29) is 12.1 Å². The molecule has 0 aliphatic carbocycles. The van der Waals surface area contributed by atoms with Crippen LogP contribution in [-0.2, 0) is 0 Å². The van der Waals surface area contributed by atoms with Gasteiger partial charge >= 0.3 is 6.03 Å². The van der Waals surface area contributed by atoms with Crippen LogP contribution in [0.25, 0.3) is 0 Å². The monoisotopic (exact) mass is 333 g/mol. The first-order valence-electron chi connectivity index (χ1n) is 8.99. The van der Waals surface area contributed by atoms with Crippen molar-refractivity contribution in [2.24, 2.45) is 5.92 Å². The molecule has 2 amide bonds. The molecule has 0 atom stereocenters. The van der Waals surface area contributed by atoms with Gasteiger partial charge in [0.2, 0.25) is 0 Å². The Bertz CT molecular complexity index is 506. The van der Waals surface area contributed by atoms with E-state index in [2.05, 4.69) is 24.1 Å². The van der Waals surface area contributed by atoms with Crippen LogP contribution in [0.3, 0.4) is 0 Å². The van der Waals surface area contributed by atoms with Gasteiger partial charge in [0.15, 0.2) is 0 Å². The van der Waals surface area contributed by atoms with E-state index in [0.29, 0.717) is 0 Å². The number of nitrogens with zero attached hydrogens (tertiary/aromatic N) is 2. The highest BCUT2D eigenvalue weighted by Gasteiger charge is 2.21. The lowest BCUT2D eigenvalue weighted by molar-refractivity contribution is 0.143. The maximum absolute atomic E-state index is 12.4. The van der Waals surface area contributed by atoms with E-state index >= 15 is 0 Å². The molecule has 0 aromatic heterocycles. The quantitative estimate of drug-likeness (QED) is 0.864. The number of benzene rings is 1. The number of ether oxygens (including phenoxy) is 1. The molecule has 2 rings (SSSR count). The molecule has 0 radical (unpaired) electrons. The Labute approximate surface area is 146 Å². The highest BCUT2D eigenvalue weighted by Crippen LogP contribution is 2.17. The highest BCUT2D eigenvalue weighted by atomic mass is 16.5. The van der Waals surface area contributed by atoms with Crippen LogP contribution in [0.15, 0.2) is 24.3 Å². The largest absolute Gasteiger partial charge is 0.491 e. The number of carbonyl (C=O) groups is 1. The number of anilines is 1. The van der Waals surface area contributed by atoms with Crippen molar-refractivity contribution >= 4 is 11.7 Å². The molecular weight excluding hydrogens is 302 g/mol. The van der Waals surface area contributed by atoms with Crippen LogP contribution in [0.2, 0.25) is 0 Å². The summed E-state index contributed by atoms with van der Waals surface area (Å²) in [6, 6.07) is 7.53. The van der Waals surface area contributed by atoms with Crippen molar-refractivity contribution in [2.75, 3.05) is 38.0 Å². The third-order valence-corrected chi connectivity index (χ3v) is 4.16. The van der Waals surface area contributed by atoms with E-state index in [1.807, 2.05) is 43.0 Å². The lowest BCUT2D eigenvalue weighted by Crippen LogP contribution is -2.50. The van der Waals surface area contributed by atoms with Crippen molar-refractivity contribution in [1.29, 1.82) is 0 Å². The van der Waals surface area contributed by atoms with Gasteiger partial charge in [0.05, 0.1) is 6.10 Å². The summed E-state index contributed by atoms with van der Waals surface area (Å²) in [6.45, 7) is 13.1. The lowest BCUT2D eigenvalue weighted by Gasteiger charge is -2.35. The molecule has 1 saturated heterocycles. The summed E-state index contributed by atoms with van der Waals surface area (Å²) >= 11 is 0. The Balaban J connectivity index is 1.77. The molecule has 134 valence electrons. The molecule has 24 heavy (non-hydrogen) atoms. The predicted octanol–water partition coefficient (Wildman–Crippen LogP) is 3.67. The molecule has 1 aliphatic heterocycles. The Morgan fingerprint density at radius 1 is 1.08 bits per heavy atom. The minimum Gasteiger partial charge on any atom is -0.491 e. The van der Waals surface area contributed by atoms with E-state index in [4.69, 9.17) is 4.74 Å². The average Bonchev–Trinajstić information content (AvgIpc) is 2.54. The topological polar surface area (TPSA) is 44.8 Å². The molecule has 0 unspecified atom stereocenters. The third-order valence-electron chi connectivity index (χ3n) is 4.16. The molecule has 0 spiro atoms. The van der Waals surface area contributed by atoms with Gasteiger partial charge in [-0.3, -0.25) is 4.90 Å². The standard InChI is InChI=1S/C19H31N3O2/c1-15(2)9-10-21-11-13-22(14-12-21)19(23)20-17-5-7-18(8-6-17)24-16(3)4/h5-8,15-16H,9-14H2,1-4H3,(H,20,23). The maximum Gasteiger partial charge on any atom is 0.321 e. The van der Waals surface area contributed by atoms with Gasteiger partial charge in [-0.1, -0.05) is 13.8 Å². The Hall–Kier alpha value is -1.75. The van der Waals surface area contributed by atoms with Gasteiger partial charge in [0, 0.05) is 31.9 Å². The summed E-state index contributed by atoms with van der Waals surface area (Å²) in [6.07, 6.45) is 1.37. The zero-order valence-corrected chi connectivity index (χ0v) is 15.4. The Morgan fingerprint density at radius 3 is 2.25 bits per heavy atom. The summed E-state index contributed by atoms with van der Waals surface area (Å²) in [5, 5.41) is 2.97. The average molecular weight is 333 g/mol. The van der Waals surface area contributed by atoms with E-state index in [9.17, 15) is 4.79 Å². The van der Waals surface area contributed by atoms with Crippen LogP contribution < -0.4 is 10.1 Å². The number of nitrogens with one attached hydrogen (secondary N) is 1. The summed E-state index contributed by atoms with van der Waals surface area (Å²) < 4.78 is 5.61. The van der Waals surface area contributed by atoms with Gasteiger partial charge in [0.25, 0.3) is 0 Å². The van der Waals surface area contributed by atoms with Crippen LogP contribution in [-0.4, -0.2) is 54.7 Å². The van der Waals surface area contributed by atoms with Crippen LogP contribution >= 0.6 is 0 Å². The number of hydrogen-bond donors (Lipinski definition) is 1. The van der Waals surface area contributed by atoms with E-state index in [1.165, 1.54) is 6.42 Å². The minimum absolute atomic E-state index is 0.0176. The number of piperazine rings is 1. The fraction of sp³-hybridized carbons (Fsp3) is 0.632. The molecule has 1 aliphatic rings. The molecule has 1 heterocycles. The van der Waals surface area contributed by atoms with Crippen molar-refractivity contribution in [3.63, 3.8) is 0 Å². The number of hydrogen-bond acceptors (Lipinski definition) is 3. The molecule has 5 heteroatoms. The van der Waals surface area contributed by atoms with Gasteiger partial charge in [0.1, 0.15) is 5.75 Å². The molecule has 1 aromatic rings. The summed E-state index contributed by atoms with van der Waals surface area (Å²) in [4.78, 5) is 16.7. The van der Waals surface area contributed by atoms with Crippen molar-refractivity contribution < 1.29 is 9.53 Å². The number of rotatable bonds is 6. The minimum atomic E-state index is -0.0176. The van der Waals surface area contributed by atoms with Crippen LogP contribution in [0.5, 0.6) is 5.75 Å². The predicted molar refractivity (Wildman–Crippen MR) is 98.7 cm³/mol. The SMILES string of the molecule is CC(C)CCN1CCN(C(=O)Nc2ccc(OC(C)C)cc2)CC1. The van der Waals surface area contributed by atoms with Crippen LogP contribution in [0.1, 0.15) is 34.1 Å². The zero-order chi connectivity index (χ0) is 17.5. The lowest BCUT2D eigenvalue weighted by atomic mass is 10.1. The van der Waals surface area contributed by atoms with E-state index in [0.717, 1.165) is 50.1 Å². The first-order valence-corrected chi connectivity index (χ1v) is 8.99. The second-order valence-corrected chi connectivity index (χ2v) is 7.13. The van der Waals surface area contributed by atoms with Crippen molar-refractivity contribution in [3.8, 4) is 5.75 Å². The van der Waals surface area contributed by atoms with Gasteiger partial charge < -0.3 is 15.0 Å². The zero-order valence-electron chi connectivity index (χ0n) is 15.4. The van der Waals surface area contributed by atoms with Gasteiger partial charge in [-0.15, -0.1) is 0 Å². The highest BCUT2D eigenvalue weighted by molar-refractivity contribution is 5.89. The van der Waals surface area contributed by atoms with Crippen LogP contribution in [0.4, 0.5) is 10.5 Å². The number of urea groups is 1. The molecule has 5 nitrogen and oxygen atoms in total. The molecule has 0 saturated carbocycles. The molecular formula is C19H31N3O2. The molecule has 0 bridgehead atoms. The van der Waals surface area contributed by atoms with E-state index in [1.54, 1.807) is 0 Å². The molecule has 1 aromatic carbocycles. The second-order valence-electron chi connectivity index (χ2n) is 7.13. The number of amides is 2. The summed E-state index contributed by atoms with van der Waals surface area (Å²) in [5.74, 6) is 1.55. The smallest absolute Gasteiger partial charge is 0.321 e. The second kappa shape index (κ2) is 8.92. The van der Waals surface area contributed by atoms with Gasteiger partial charge in [-0.25, -0.2) is 4.79 Å². The Kier molecular flexibility index (Phi) is 6.91. The van der Waals surface area contributed by atoms with Gasteiger partial charge in [-0.05, 0) is 57.0 Å². The molecule has 1 fully saturated rings. The number of carbonyl (C=O) groups excluding carboxylic acids is 1. The van der Waals surface area contributed by atoms with Crippen molar-refractivity contribution in [3.05, 3.63) is 24.3 Å².